The van der Waals surface area contributed by atoms with Crippen molar-refractivity contribution in [2.75, 3.05) is 13.7 Å². The number of rotatable bonds is 7. The minimum absolute atomic E-state index is 0.0338. The van der Waals surface area contributed by atoms with Gasteiger partial charge >= 0.3 is 0 Å². The zero-order valence-corrected chi connectivity index (χ0v) is 14.1. The van der Waals surface area contributed by atoms with Crippen molar-refractivity contribution in [3.05, 3.63) is 59.1 Å². The first-order valence-electron chi connectivity index (χ1n) is 7.40. The van der Waals surface area contributed by atoms with E-state index in [9.17, 15) is 0 Å². The number of nitrogens with two attached hydrogens (primary N) is 1. The molecule has 1 atom stereocenters. The number of ether oxygens (including phenoxy) is 2. The fraction of sp³-hybridized carbons (Fsp3) is 0.278. The molecule has 1 unspecified atom stereocenters. The molecule has 0 amide bonds. The first kappa shape index (κ1) is 17.2. The Morgan fingerprint density at radius 1 is 1.17 bits per heavy atom. The standard InChI is InChI=1S/C18H21ClN2O2/c1-13(12-23-17-5-3-4-16(11-17)22-2)21-18(20)10-14-6-8-15(19)9-7-14/h3-9,11,13H,10,12H2,1-2H3,(H2,20,21). The molecule has 0 aromatic heterocycles. The Kier molecular flexibility index (Phi) is 6.29. The molecule has 5 heteroatoms. The molecule has 0 radical (unpaired) electrons. The number of amidine groups is 1. The summed E-state index contributed by atoms with van der Waals surface area (Å²) in [6, 6.07) is 15.0. The van der Waals surface area contributed by atoms with Crippen molar-refractivity contribution in [3.8, 4) is 11.5 Å². The Balaban J connectivity index is 1.87. The summed E-state index contributed by atoms with van der Waals surface area (Å²) in [7, 11) is 1.63. The van der Waals surface area contributed by atoms with Crippen LogP contribution in [-0.4, -0.2) is 25.6 Å². The van der Waals surface area contributed by atoms with Gasteiger partial charge in [-0.25, -0.2) is 0 Å². The minimum atomic E-state index is -0.0338. The second-order valence-electron chi connectivity index (χ2n) is 5.26. The SMILES string of the molecule is COc1cccc(OCC(C)N=C(N)Cc2ccc(Cl)cc2)c1. The molecule has 0 aliphatic carbocycles. The quantitative estimate of drug-likeness (QED) is 0.621. The molecule has 2 rings (SSSR count). The van der Waals surface area contributed by atoms with Crippen LogP contribution in [0.2, 0.25) is 5.02 Å². The van der Waals surface area contributed by atoms with Crippen molar-refractivity contribution in [1.82, 2.24) is 0 Å². The minimum Gasteiger partial charge on any atom is -0.497 e. The van der Waals surface area contributed by atoms with E-state index >= 15 is 0 Å². The van der Waals surface area contributed by atoms with Gasteiger partial charge in [0.05, 0.1) is 19.0 Å². The molecule has 0 bridgehead atoms. The van der Waals surface area contributed by atoms with Crippen molar-refractivity contribution < 1.29 is 9.47 Å². The van der Waals surface area contributed by atoms with Gasteiger partial charge in [-0.15, -0.1) is 0 Å². The highest BCUT2D eigenvalue weighted by Crippen LogP contribution is 2.19. The smallest absolute Gasteiger partial charge is 0.123 e. The number of nitrogens with zero attached hydrogens (tertiary/aromatic N) is 1. The third-order valence-electron chi connectivity index (χ3n) is 3.22. The molecule has 0 saturated heterocycles. The van der Waals surface area contributed by atoms with Gasteiger partial charge in [0.2, 0.25) is 0 Å². The zero-order chi connectivity index (χ0) is 16.7. The van der Waals surface area contributed by atoms with Crippen molar-refractivity contribution in [2.45, 2.75) is 19.4 Å². The first-order chi connectivity index (χ1) is 11.1. The normalized spacial score (nSPS) is 12.7. The Labute approximate surface area is 141 Å². The van der Waals surface area contributed by atoms with Crippen LogP contribution in [0.5, 0.6) is 11.5 Å². The Morgan fingerprint density at radius 2 is 1.87 bits per heavy atom. The van der Waals surface area contributed by atoms with Gasteiger partial charge in [0.1, 0.15) is 18.1 Å². The molecule has 4 nitrogen and oxygen atoms in total. The van der Waals surface area contributed by atoms with Crippen LogP contribution in [0.4, 0.5) is 0 Å². The summed E-state index contributed by atoms with van der Waals surface area (Å²) in [5, 5.41) is 0.712. The Bertz CT molecular complexity index is 656. The van der Waals surface area contributed by atoms with Crippen LogP contribution in [0.15, 0.2) is 53.5 Å². The molecule has 0 aliphatic rings. The number of benzene rings is 2. The summed E-state index contributed by atoms with van der Waals surface area (Å²) < 4.78 is 10.9. The van der Waals surface area contributed by atoms with Crippen LogP contribution in [0.3, 0.4) is 0 Å². The summed E-state index contributed by atoms with van der Waals surface area (Å²) in [5.74, 6) is 2.10. The molecule has 2 N–H and O–H groups in total. The molecule has 122 valence electrons. The monoisotopic (exact) mass is 332 g/mol. The third kappa shape index (κ3) is 5.83. The summed E-state index contributed by atoms with van der Waals surface area (Å²) in [5.41, 5.74) is 7.08. The van der Waals surface area contributed by atoms with Gasteiger partial charge in [0.15, 0.2) is 0 Å². The number of aliphatic imine (C=N–C) groups is 1. The zero-order valence-electron chi connectivity index (χ0n) is 13.3. The van der Waals surface area contributed by atoms with E-state index in [0.29, 0.717) is 23.9 Å². The van der Waals surface area contributed by atoms with Crippen molar-refractivity contribution in [1.29, 1.82) is 0 Å². The van der Waals surface area contributed by atoms with E-state index in [4.69, 9.17) is 26.8 Å². The maximum atomic E-state index is 6.00. The van der Waals surface area contributed by atoms with E-state index < -0.39 is 0 Å². The van der Waals surface area contributed by atoms with E-state index in [1.54, 1.807) is 7.11 Å². The number of halogens is 1. The summed E-state index contributed by atoms with van der Waals surface area (Å²) >= 11 is 5.87. The average molecular weight is 333 g/mol. The van der Waals surface area contributed by atoms with Crippen molar-refractivity contribution >= 4 is 17.4 Å². The van der Waals surface area contributed by atoms with Gasteiger partial charge in [-0.3, -0.25) is 4.99 Å². The van der Waals surface area contributed by atoms with Gasteiger partial charge in [-0.05, 0) is 36.8 Å². The van der Waals surface area contributed by atoms with Crippen molar-refractivity contribution in [3.63, 3.8) is 0 Å². The number of hydrogen-bond donors (Lipinski definition) is 1. The topological polar surface area (TPSA) is 56.8 Å². The van der Waals surface area contributed by atoms with E-state index in [-0.39, 0.29) is 6.04 Å². The van der Waals surface area contributed by atoms with Gasteiger partial charge in [-0.2, -0.15) is 0 Å². The maximum absolute atomic E-state index is 6.00. The second kappa shape index (κ2) is 8.44. The van der Waals surface area contributed by atoms with Gasteiger partial charge in [0, 0.05) is 17.5 Å². The Hall–Kier alpha value is -2.20. The highest BCUT2D eigenvalue weighted by Gasteiger charge is 2.04. The van der Waals surface area contributed by atoms with Crippen LogP contribution in [0.25, 0.3) is 0 Å². The van der Waals surface area contributed by atoms with Crippen LogP contribution >= 0.6 is 11.6 Å². The van der Waals surface area contributed by atoms with Crippen molar-refractivity contribution in [2.24, 2.45) is 10.7 Å². The first-order valence-corrected chi connectivity index (χ1v) is 7.78. The van der Waals surface area contributed by atoms with Crippen LogP contribution in [-0.2, 0) is 6.42 Å². The van der Waals surface area contributed by atoms with Crippen LogP contribution in [0, 0.1) is 0 Å². The molecular weight excluding hydrogens is 312 g/mol. The summed E-state index contributed by atoms with van der Waals surface area (Å²) in [6.45, 7) is 2.42. The predicted octanol–water partition coefficient (Wildman–Crippen LogP) is 3.72. The average Bonchev–Trinajstić information content (AvgIpc) is 2.55. The molecule has 23 heavy (non-hydrogen) atoms. The van der Waals surface area contributed by atoms with Crippen LogP contribution in [0.1, 0.15) is 12.5 Å². The highest BCUT2D eigenvalue weighted by atomic mass is 35.5. The van der Waals surface area contributed by atoms with Crippen LogP contribution < -0.4 is 15.2 Å². The fourth-order valence-corrected chi connectivity index (χ4v) is 2.21. The molecule has 2 aromatic carbocycles. The maximum Gasteiger partial charge on any atom is 0.123 e. The molecular formula is C18H21ClN2O2. The molecule has 2 aromatic rings. The van der Waals surface area contributed by atoms with Gasteiger partial charge in [-0.1, -0.05) is 29.8 Å². The predicted molar refractivity (Wildman–Crippen MR) is 94.7 cm³/mol. The summed E-state index contributed by atoms with van der Waals surface area (Å²) in [4.78, 5) is 4.46. The molecule has 0 fully saturated rings. The molecule has 0 spiro atoms. The van der Waals surface area contributed by atoms with Gasteiger partial charge in [0.25, 0.3) is 0 Å². The second-order valence-corrected chi connectivity index (χ2v) is 5.70. The highest BCUT2D eigenvalue weighted by molar-refractivity contribution is 6.30. The lowest BCUT2D eigenvalue weighted by Crippen LogP contribution is -2.21. The van der Waals surface area contributed by atoms with Gasteiger partial charge < -0.3 is 15.2 Å². The largest absolute Gasteiger partial charge is 0.497 e. The molecule has 0 saturated carbocycles. The lowest BCUT2D eigenvalue weighted by molar-refractivity contribution is 0.295. The summed E-state index contributed by atoms with van der Waals surface area (Å²) in [6.07, 6.45) is 0.598. The lowest BCUT2D eigenvalue weighted by atomic mass is 10.1. The third-order valence-corrected chi connectivity index (χ3v) is 3.47. The van der Waals surface area contributed by atoms with E-state index in [0.717, 1.165) is 17.1 Å². The number of methoxy groups -OCH3 is 1. The number of hydrogen-bond acceptors (Lipinski definition) is 3. The Morgan fingerprint density at radius 3 is 2.57 bits per heavy atom. The van der Waals surface area contributed by atoms with E-state index in [1.807, 2.05) is 55.5 Å². The molecule has 0 aliphatic heterocycles. The lowest BCUT2D eigenvalue weighted by Gasteiger charge is -2.11. The van der Waals surface area contributed by atoms with E-state index in [1.165, 1.54) is 0 Å². The fourth-order valence-electron chi connectivity index (χ4n) is 2.09. The molecule has 0 heterocycles. The van der Waals surface area contributed by atoms with E-state index in [2.05, 4.69) is 4.99 Å².